The fourth-order valence-electron chi connectivity index (χ4n) is 2.39. The van der Waals surface area contributed by atoms with Crippen LogP contribution in [0, 0.1) is 13.8 Å². The number of hydrogen-bond donors (Lipinski definition) is 2. The summed E-state index contributed by atoms with van der Waals surface area (Å²) < 4.78 is 1.53. The Bertz CT molecular complexity index is 949. The zero-order chi connectivity index (χ0) is 19.2. The predicted octanol–water partition coefficient (Wildman–Crippen LogP) is 2.04. The summed E-state index contributed by atoms with van der Waals surface area (Å²) in [6, 6.07) is 13.1. The van der Waals surface area contributed by atoms with Crippen LogP contribution in [0.5, 0.6) is 0 Å². The van der Waals surface area contributed by atoms with Crippen LogP contribution in [0.3, 0.4) is 0 Å². The molecule has 138 valence electrons. The highest BCUT2D eigenvalue weighted by Gasteiger charge is 2.12. The molecule has 0 spiro atoms. The van der Waals surface area contributed by atoms with Crippen molar-refractivity contribution in [2.45, 2.75) is 20.3 Å². The van der Waals surface area contributed by atoms with Crippen LogP contribution in [0.25, 0.3) is 5.69 Å². The Morgan fingerprint density at radius 2 is 1.85 bits per heavy atom. The molecule has 8 heteroatoms. The molecule has 1 aromatic carbocycles. The van der Waals surface area contributed by atoms with Gasteiger partial charge >= 0.3 is 0 Å². The Hall–Kier alpha value is -3.55. The number of carbonyl (C=O) groups excluding carboxylic acids is 2. The SMILES string of the molecule is Cc1ccc(-n2cc(C(=O)NCCC(=O)Nc3cccc(C)n3)nn2)cc1. The summed E-state index contributed by atoms with van der Waals surface area (Å²) in [5, 5.41) is 13.2. The lowest BCUT2D eigenvalue weighted by molar-refractivity contribution is -0.116. The van der Waals surface area contributed by atoms with E-state index in [4.69, 9.17) is 0 Å². The molecule has 2 heterocycles. The van der Waals surface area contributed by atoms with E-state index in [1.807, 2.05) is 50.2 Å². The lowest BCUT2D eigenvalue weighted by Crippen LogP contribution is -2.28. The van der Waals surface area contributed by atoms with Crippen molar-refractivity contribution in [1.29, 1.82) is 0 Å². The Morgan fingerprint density at radius 1 is 1.07 bits per heavy atom. The van der Waals surface area contributed by atoms with E-state index in [1.165, 1.54) is 4.68 Å². The highest BCUT2D eigenvalue weighted by molar-refractivity contribution is 5.93. The van der Waals surface area contributed by atoms with Gasteiger partial charge in [-0.3, -0.25) is 9.59 Å². The van der Waals surface area contributed by atoms with Crippen molar-refractivity contribution in [2.75, 3.05) is 11.9 Å². The molecule has 0 unspecified atom stereocenters. The third-order valence-electron chi connectivity index (χ3n) is 3.82. The maximum atomic E-state index is 12.2. The number of anilines is 1. The Labute approximate surface area is 156 Å². The van der Waals surface area contributed by atoms with Gasteiger partial charge in [-0.2, -0.15) is 0 Å². The van der Waals surface area contributed by atoms with Gasteiger partial charge in [-0.05, 0) is 38.1 Å². The number of benzene rings is 1. The first kappa shape index (κ1) is 18.2. The molecule has 0 aliphatic carbocycles. The number of pyridine rings is 1. The third kappa shape index (κ3) is 4.97. The molecule has 27 heavy (non-hydrogen) atoms. The average molecular weight is 364 g/mol. The number of rotatable bonds is 6. The summed E-state index contributed by atoms with van der Waals surface area (Å²) in [4.78, 5) is 28.3. The second-order valence-corrected chi connectivity index (χ2v) is 6.10. The van der Waals surface area contributed by atoms with Crippen molar-refractivity contribution in [3.63, 3.8) is 0 Å². The summed E-state index contributed by atoms with van der Waals surface area (Å²) in [5.74, 6) is -0.112. The number of nitrogens with one attached hydrogen (secondary N) is 2. The van der Waals surface area contributed by atoms with E-state index in [1.54, 1.807) is 12.3 Å². The highest BCUT2D eigenvalue weighted by atomic mass is 16.2. The summed E-state index contributed by atoms with van der Waals surface area (Å²) in [7, 11) is 0. The average Bonchev–Trinajstić information content (AvgIpc) is 3.12. The van der Waals surface area contributed by atoms with Crippen molar-refractivity contribution in [3.05, 3.63) is 65.6 Å². The molecule has 0 radical (unpaired) electrons. The molecule has 0 fully saturated rings. The molecule has 0 atom stereocenters. The molecule has 3 rings (SSSR count). The zero-order valence-corrected chi connectivity index (χ0v) is 15.1. The molecule has 2 N–H and O–H groups in total. The summed E-state index contributed by atoms with van der Waals surface area (Å²) in [6.45, 7) is 4.03. The molecule has 8 nitrogen and oxygen atoms in total. The molecule has 0 saturated heterocycles. The van der Waals surface area contributed by atoms with E-state index in [9.17, 15) is 9.59 Å². The van der Waals surface area contributed by atoms with Crippen molar-refractivity contribution in [3.8, 4) is 5.69 Å². The van der Waals surface area contributed by atoms with Crippen LogP contribution in [0.4, 0.5) is 5.82 Å². The first-order chi connectivity index (χ1) is 13.0. The van der Waals surface area contributed by atoms with Crippen LogP contribution >= 0.6 is 0 Å². The van der Waals surface area contributed by atoms with Gasteiger partial charge in [0, 0.05) is 18.7 Å². The van der Waals surface area contributed by atoms with Gasteiger partial charge in [-0.25, -0.2) is 9.67 Å². The maximum absolute atomic E-state index is 12.2. The van der Waals surface area contributed by atoms with Crippen LogP contribution in [0.1, 0.15) is 28.2 Å². The number of amides is 2. The largest absolute Gasteiger partial charge is 0.350 e. The molecule has 2 amide bonds. The Balaban J connectivity index is 1.49. The molecule has 0 aliphatic heterocycles. The first-order valence-corrected chi connectivity index (χ1v) is 8.52. The van der Waals surface area contributed by atoms with E-state index >= 15 is 0 Å². The topological polar surface area (TPSA) is 102 Å². The van der Waals surface area contributed by atoms with Crippen LogP contribution < -0.4 is 10.6 Å². The standard InChI is InChI=1S/C19H20N6O2/c1-13-6-8-15(9-7-13)25-12-16(23-24-25)19(27)20-11-10-18(26)22-17-5-3-4-14(2)21-17/h3-9,12H,10-11H2,1-2H3,(H,20,27)(H,21,22,26). The quantitative estimate of drug-likeness (QED) is 0.697. The third-order valence-corrected chi connectivity index (χ3v) is 3.82. The van der Waals surface area contributed by atoms with Gasteiger partial charge in [-0.1, -0.05) is 29.0 Å². The van der Waals surface area contributed by atoms with Gasteiger partial charge in [0.25, 0.3) is 5.91 Å². The van der Waals surface area contributed by atoms with Gasteiger partial charge in [-0.15, -0.1) is 5.10 Å². The molecule has 2 aromatic heterocycles. The second-order valence-electron chi connectivity index (χ2n) is 6.10. The van der Waals surface area contributed by atoms with E-state index in [0.717, 1.165) is 16.9 Å². The molecule has 3 aromatic rings. The summed E-state index contributed by atoms with van der Waals surface area (Å²) in [5.41, 5.74) is 2.96. The number of aryl methyl sites for hydroxylation is 2. The van der Waals surface area contributed by atoms with E-state index < -0.39 is 0 Å². The monoisotopic (exact) mass is 364 g/mol. The fraction of sp³-hybridized carbons (Fsp3) is 0.211. The van der Waals surface area contributed by atoms with E-state index in [2.05, 4.69) is 25.9 Å². The van der Waals surface area contributed by atoms with Crippen LogP contribution in [-0.2, 0) is 4.79 Å². The Kier molecular flexibility index (Phi) is 5.55. The summed E-state index contributed by atoms with van der Waals surface area (Å²) in [6.07, 6.45) is 1.68. The normalized spacial score (nSPS) is 10.4. The maximum Gasteiger partial charge on any atom is 0.273 e. The van der Waals surface area contributed by atoms with Gasteiger partial charge in [0.2, 0.25) is 5.91 Å². The van der Waals surface area contributed by atoms with Crippen LogP contribution in [0.15, 0.2) is 48.7 Å². The van der Waals surface area contributed by atoms with Crippen LogP contribution in [0.2, 0.25) is 0 Å². The minimum Gasteiger partial charge on any atom is -0.350 e. The van der Waals surface area contributed by atoms with Crippen molar-refractivity contribution in [1.82, 2.24) is 25.3 Å². The lowest BCUT2D eigenvalue weighted by atomic mass is 10.2. The number of carbonyl (C=O) groups is 2. The highest BCUT2D eigenvalue weighted by Crippen LogP contribution is 2.08. The van der Waals surface area contributed by atoms with E-state index in [0.29, 0.717) is 5.82 Å². The molecule has 0 bridgehead atoms. The molecule has 0 aliphatic rings. The first-order valence-electron chi connectivity index (χ1n) is 8.52. The lowest BCUT2D eigenvalue weighted by Gasteiger charge is -2.05. The number of hydrogen-bond acceptors (Lipinski definition) is 5. The second kappa shape index (κ2) is 8.22. The summed E-state index contributed by atoms with van der Waals surface area (Å²) >= 11 is 0. The van der Waals surface area contributed by atoms with Gasteiger partial charge in [0.05, 0.1) is 11.9 Å². The molecular weight excluding hydrogens is 344 g/mol. The van der Waals surface area contributed by atoms with Crippen molar-refractivity contribution >= 4 is 17.6 Å². The van der Waals surface area contributed by atoms with Gasteiger partial charge in [0.15, 0.2) is 5.69 Å². The minimum absolute atomic E-state index is 0.132. The number of nitrogens with zero attached hydrogens (tertiary/aromatic N) is 4. The minimum atomic E-state index is -0.380. The van der Waals surface area contributed by atoms with Crippen molar-refractivity contribution in [2.24, 2.45) is 0 Å². The molecule has 0 saturated carbocycles. The zero-order valence-electron chi connectivity index (χ0n) is 15.1. The van der Waals surface area contributed by atoms with Gasteiger partial charge in [0.1, 0.15) is 5.82 Å². The Morgan fingerprint density at radius 3 is 2.59 bits per heavy atom. The molecular formula is C19H20N6O2. The van der Waals surface area contributed by atoms with Crippen molar-refractivity contribution < 1.29 is 9.59 Å². The number of aromatic nitrogens is 4. The van der Waals surface area contributed by atoms with E-state index in [-0.39, 0.29) is 30.5 Å². The smallest absolute Gasteiger partial charge is 0.273 e. The van der Waals surface area contributed by atoms with Crippen LogP contribution in [-0.4, -0.2) is 38.3 Å². The van der Waals surface area contributed by atoms with Gasteiger partial charge < -0.3 is 10.6 Å². The predicted molar refractivity (Wildman–Crippen MR) is 101 cm³/mol. The fourth-order valence-corrected chi connectivity index (χ4v) is 2.39.